The number of urea groups is 1. The SMILES string of the molecule is COc1ccc(Cl)cc1NC(=O)Nc1ccc(-c2ccc(CN3CCOCC3)nc2)c2ccccc12. The summed E-state index contributed by atoms with van der Waals surface area (Å²) in [7, 11) is 1.54. The number of fused-ring (bicyclic) bond motifs is 1. The third-order valence-corrected chi connectivity index (χ3v) is 6.44. The molecule has 0 aliphatic carbocycles. The van der Waals surface area contributed by atoms with Crippen LogP contribution in [0.3, 0.4) is 0 Å². The lowest BCUT2D eigenvalue weighted by Crippen LogP contribution is -2.35. The van der Waals surface area contributed by atoms with Crippen LogP contribution in [-0.2, 0) is 11.3 Å². The first-order valence-corrected chi connectivity index (χ1v) is 12.2. The van der Waals surface area contributed by atoms with Crippen LogP contribution in [0.15, 0.2) is 72.9 Å². The normalized spacial score (nSPS) is 13.9. The van der Waals surface area contributed by atoms with Gasteiger partial charge in [-0.1, -0.05) is 48.0 Å². The van der Waals surface area contributed by atoms with E-state index in [1.165, 1.54) is 0 Å². The zero-order chi connectivity index (χ0) is 24.9. The molecule has 0 atom stereocenters. The van der Waals surface area contributed by atoms with Crippen molar-refractivity contribution >= 4 is 39.8 Å². The maximum Gasteiger partial charge on any atom is 0.323 e. The first-order chi connectivity index (χ1) is 17.6. The van der Waals surface area contributed by atoms with E-state index in [0.717, 1.165) is 60.4 Å². The fourth-order valence-electron chi connectivity index (χ4n) is 4.38. The lowest BCUT2D eigenvalue weighted by Gasteiger charge is -2.26. The minimum Gasteiger partial charge on any atom is -0.495 e. The van der Waals surface area contributed by atoms with Gasteiger partial charge >= 0.3 is 6.03 Å². The zero-order valence-electron chi connectivity index (χ0n) is 20.0. The maximum atomic E-state index is 12.8. The van der Waals surface area contributed by atoms with Crippen LogP contribution in [0.2, 0.25) is 5.02 Å². The predicted octanol–water partition coefficient (Wildman–Crippen LogP) is 6.04. The molecule has 36 heavy (non-hydrogen) atoms. The summed E-state index contributed by atoms with van der Waals surface area (Å²) in [6, 6.07) is 20.8. The van der Waals surface area contributed by atoms with E-state index in [9.17, 15) is 4.79 Å². The molecule has 1 aromatic heterocycles. The third kappa shape index (κ3) is 5.44. The van der Waals surface area contributed by atoms with Crippen molar-refractivity contribution in [2.45, 2.75) is 6.54 Å². The van der Waals surface area contributed by atoms with Crippen LogP contribution in [0.5, 0.6) is 5.75 Å². The minimum atomic E-state index is -0.386. The lowest BCUT2D eigenvalue weighted by atomic mass is 9.98. The second-order valence-corrected chi connectivity index (χ2v) is 8.99. The van der Waals surface area contributed by atoms with Gasteiger partial charge in [-0.25, -0.2) is 4.79 Å². The average molecular weight is 503 g/mol. The van der Waals surface area contributed by atoms with Gasteiger partial charge in [0.1, 0.15) is 5.75 Å². The van der Waals surface area contributed by atoms with Gasteiger partial charge in [0.25, 0.3) is 0 Å². The Kier molecular flexibility index (Phi) is 7.32. The van der Waals surface area contributed by atoms with E-state index in [1.807, 2.05) is 36.5 Å². The van der Waals surface area contributed by atoms with E-state index in [4.69, 9.17) is 26.1 Å². The molecule has 2 amide bonds. The number of nitrogens with zero attached hydrogens (tertiary/aromatic N) is 2. The Morgan fingerprint density at radius 1 is 1.00 bits per heavy atom. The number of morpholine rings is 1. The molecule has 1 aliphatic heterocycles. The lowest BCUT2D eigenvalue weighted by molar-refractivity contribution is 0.0336. The highest BCUT2D eigenvalue weighted by Gasteiger charge is 2.14. The standard InChI is InChI=1S/C28H27ClN4O3/c1-35-27-11-7-20(29)16-26(27)32-28(34)31-25-10-9-22(23-4-2-3-5-24(23)25)19-6-8-21(30-17-19)18-33-12-14-36-15-13-33/h2-11,16-17H,12-15,18H2,1H3,(H2,31,32,34). The molecular formula is C28H27ClN4O3. The quantitative estimate of drug-likeness (QED) is 0.336. The summed E-state index contributed by atoms with van der Waals surface area (Å²) >= 11 is 6.09. The molecule has 2 heterocycles. The molecular weight excluding hydrogens is 476 g/mol. The van der Waals surface area contributed by atoms with E-state index < -0.39 is 0 Å². The number of amides is 2. The maximum absolute atomic E-state index is 12.8. The van der Waals surface area contributed by atoms with E-state index in [-0.39, 0.29) is 6.03 Å². The Hall–Kier alpha value is -3.65. The molecule has 8 heteroatoms. The van der Waals surface area contributed by atoms with Crippen molar-refractivity contribution in [3.8, 4) is 16.9 Å². The number of carbonyl (C=O) groups is 1. The number of carbonyl (C=O) groups excluding carboxylic acids is 1. The molecule has 5 rings (SSSR count). The molecule has 7 nitrogen and oxygen atoms in total. The molecule has 184 valence electrons. The van der Waals surface area contributed by atoms with Gasteiger partial charge < -0.3 is 20.1 Å². The number of methoxy groups -OCH3 is 1. The van der Waals surface area contributed by atoms with Crippen LogP contribution in [0.4, 0.5) is 16.2 Å². The summed E-state index contributed by atoms with van der Waals surface area (Å²) in [6.07, 6.45) is 1.92. The topological polar surface area (TPSA) is 75.7 Å². The number of halogens is 1. The van der Waals surface area contributed by atoms with Gasteiger partial charge in [-0.3, -0.25) is 9.88 Å². The fraction of sp³-hybridized carbons (Fsp3) is 0.214. The number of aromatic nitrogens is 1. The molecule has 0 spiro atoms. The van der Waals surface area contributed by atoms with Crippen molar-refractivity contribution in [3.63, 3.8) is 0 Å². The van der Waals surface area contributed by atoms with Crippen LogP contribution in [-0.4, -0.2) is 49.3 Å². The van der Waals surface area contributed by atoms with Crippen molar-refractivity contribution in [1.82, 2.24) is 9.88 Å². The van der Waals surface area contributed by atoms with Crippen molar-refractivity contribution in [2.75, 3.05) is 44.0 Å². The van der Waals surface area contributed by atoms with Gasteiger partial charge in [0.2, 0.25) is 0 Å². The van der Waals surface area contributed by atoms with Crippen molar-refractivity contribution in [1.29, 1.82) is 0 Å². The number of rotatable bonds is 6. The highest BCUT2D eigenvalue weighted by atomic mass is 35.5. The van der Waals surface area contributed by atoms with E-state index >= 15 is 0 Å². The second kappa shape index (κ2) is 11.0. The van der Waals surface area contributed by atoms with Crippen LogP contribution < -0.4 is 15.4 Å². The van der Waals surface area contributed by atoms with Crippen molar-refractivity contribution in [3.05, 3.63) is 83.6 Å². The highest BCUT2D eigenvalue weighted by Crippen LogP contribution is 2.34. The Morgan fingerprint density at radius 2 is 1.78 bits per heavy atom. The van der Waals surface area contributed by atoms with Gasteiger partial charge in [0.05, 0.1) is 37.4 Å². The van der Waals surface area contributed by atoms with E-state index in [2.05, 4.69) is 33.7 Å². The van der Waals surface area contributed by atoms with Crippen molar-refractivity contribution in [2.24, 2.45) is 0 Å². The second-order valence-electron chi connectivity index (χ2n) is 8.56. The monoisotopic (exact) mass is 502 g/mol. The Morgan fingerprint density at radius 3 is 2.53 bits per heavy atom. The van der Waals surface area contributed by atoms with Crippen molar-refractivity contribution < 1.29 is 14.3 Å². The first-order valence-electron chi connectivity index (χ1n) is 11.8. The molecule has 1 aliphatic rings. The molecule has 0 radical (unpaired) electrons. The summed E-state index contributed by atoms with van der Waals surface area (Å²) in [5, 5.41) is 8.24. The van der Waals surface area contributed by atoms with Crippen LogP contribution in [0.25, 0.3) is 21.9 Å². The molecule has 0 saturated carbocycles. The molecule has 3 aromatic carbocycles. The smallest absolute Gasteiger partial charge is 0.323 e. The Bertz CT molecular complexity index is 1370. The Labute approximate surface area is 215 Å². The summed E-state index contributed by atoms with van der Waals surface area (Å²) in [5.74, 6) is 0.527. The summed E-state index contributed by atoms with van der Waals surface area (Å²) in [4.78, 5) is 19.9. The minimum absolute atomic E-state index is 0.386. The molecule has 0 bridgehead atoms. The predicted molar refractivity (Wildman–Crippen MR) is 144 cm³/mol. The number of pyridine rings is 1. The fourth-order valence-corrected chi connectivity index (χ4v) is 4.55. The highest BCUT2D eigenvalue weighted by molar-refractivity contribution is 6.31. The third-order valence-electron chi connectivity index (χ3n) is 6.21. The first kappa shape index (κ1) is 24.1. The number of anilines is 2. The molecule has 1 saturated heterocycles. The van der Waals surface area contributed by atoms with Gasteiger partial charge in [0.15, 0.2) is 0 Å². The van der Waals surface area contributed by atoms with Crippen LogP contribution in [0.1, 0.15) is 5.69 Å². The van der Waals surface area contributed by atoms with Gasteiger partial charge in [-0.15, -0.1) is 0 Å². The summed E-state index contributed by atoms with van der Waals surface area (Å²) < 4.78 is 10.8. The number of nitrogens with one attached hydrogen (secondary N) is 2. The summed E-state index contributed by atoms with van der Waals surface area (Å²) in [6.45, 7) is 4.23. The molecule has 4 aromatic rings. The number of benzene rings is 3. The molecule has 1 fully saturated rings. The van der Waals surface area contributed by atoms with Gasteiger partial charge in [0, 0.05) is 41.8 Å². The van der Waals surface area contributed by atoms with Gasteiger partial charge in [-0.05, 0) is 41.3 Å². The molecule has 2 N–H and O–H groups in total. The average Bonchev–Trinajstić information content (AvgIpc) is 2.90. The summed E-state index contributed by atoms with van der Waals surface area (Å²) in [5.41, 5.74) is 4.31. The van der Waals surface area contributed by atoms with Crippen LogP contribution in [0, 0.1) is 0 Å². The zero-order valence-corrected chi connectivity index (χ0v) is 20.7. The van der Waals surface area contributed by atoms with E-state index in [0.29, 0.717) is 22.1 Å². The number of ether oxygens (including phenoxy) is 2. The largest absolute Gasteiger partial charge is 0.495 e. The van der Waals surface area contributed by atoms with E-state index in [1.54, 1.807) is 25.3 Å². The molecule has 0 unspecified atom stereocenters. The van der Waals surface area contributed by atoms with Crippen LogP contribution >= 0.6 is 11.6 Å². The number of hydrogen-bond acceptors (Lipinski definition) is 5. The Balaban J connectivity index is 1.36. The number of hydrogen-bond donors (Lipinski definition) is 2. The van der Waals surface area contributed by atoms with Gasteiger partial charge in [-0.2, -0.15) is 0 Å².